The van der Waals surface area contributed by atoms with Crippen molar-refractivity contribution < 1.29 is 13.9 Å². The Hall–Kier alpha value is -3.52. The predicted molar refractivity (Wildman–Crippen MR) is 124 cm³/mol. The number of rotatable bonds is 8. The molecule has 0 saturated carbocycles. The Labute approximate surface area is 191 Å². The van der Waals surface area contributed by atoms with Crippen molar-refractivity contribution in [1.29, 1.82) is 0 Å². The lowest BCUT2D eigenvalue weighted by molar-refractivity contribution is -0.127. The molecule has 8 heteroatoms. The molecule has 2 aromatic heterocycles. The predicted octanol–water partition coefficient (Wildman–Crippen LogP) is 4.60. The van der Waals surface area contributed by atoms with Crippen LogP contribution in [0.2, 0.25) is 0 Å². The van der Waals surface area contributed by atoms with E-state index in [0.717, 1.165) is 28.3 Å². The number of benzene rings is 2. The number of aryl methyl sites for hydroxylation is 1. The molecule has 4 rings (SSSR count). The number of aromatic nitrogens is 3. The van der Waals surface area contributed by atoms with Gasteiger partial charge in [0.2, 0.25) is 5.91 Å². The number of hydrogen-bond acceptors (Lipinski definition) is 6. The maximum absolute atomic E-state index is 12.8. The normalized spacial score (nSPS) is 10.8. The van der Waals surface area contributed by atoms with Crippen LogP contribution in [0.1, 0.15) is 11.3 Å². The number of carbonyl (C=O) groups excluding carboxylic acids is 1. The number of hydrogen-bond donors (Lipinski definition) is 0. The highest BCUT2D eigenvalue weighted by Crippen LogP contribution is 2.30. The van der Waals surface area contributed by atoms with Gasteiger partial charge in [0.15, 0.2) is 11.0 Å². The Kier molecular flexibility index (Phi) is 6.61. The smallest absolute Gasteiger partial charge is 0.233 e. The fourth-order valence-corrected chi connectivity index (χ4v) is 4.23. The standard InChI is InChI=1S/C24H24N4O3S/c1-17-21(12-13-31-17)23-25-26-24(28(23)19-9-5-4-6-10-19)32-16-22(29)27(2)15-18-8-7-11-20(14-18)30-3/h4-14H,15-16H2,1-3H3. The number of thioether (sulfide) groups is 1. The summed E-state index contributed by atoms with van der Waals surface area (Å²) in [6.45, 7) is 2.39. The third-order valence-electron chi connectivity index (χ3n) is 5.05. The zero-order valence-corrected chi connectivity index (χ0v) is 19.0. The molecule has 4 aromatic rings. The van der Waals surface area contributed by atoms with E-state index >= 15 is 0 Å². The number of nitrogens with zero attached hydrogens (tertiary/aromatic N) is 4. The average molecular weight is 449 g/mol. The van der Waals surface area contributed by atoms with Crippen molar-refractivity contribution in [3.8, 4) is 22.8 Å². The zero-order chi connectivity index (χ0) is 22.5. The van der Waals surface area contributed by atoms with Crippen LogP contribution in [-0.4, -0.2) is 45.5 Å². The Bertz CT molecular complexity index is 1200. The highest BCUT2D eigenvalue weighted by Gasteiger charge is 2.20. The molecule has 1 amide bonds. The van der Waals surface area contributed by atoms with Crippen LogP contribution < -0.4 is 4.74 Å². The van der Waals surface area contributed by atoms with Crippen LogP contribution in [0.15, 0.2) is 76.5 Å². The first-order valence-electron chi connectivity index (χ1n) is 10.1. The number of ether oxygens (including phenoxy) is 1. The molecule has 0 aliphatic heterocycles. The molecule has 0 fully saturated rings. The zero-order valence-electron chi connectivity index (χ0n) is 18.2. The molecule has 32 heavy (non-hydrogen) atoms. The molecular formula is C24H24N4O3S. The van der Waals surface area contributed by atoms with Gasteiger partial charge in [0, 0.05) is 19.3 Å². The van der Waals surface area contributed by atoms with Crippen molar-refractivity contribution in [1.82, 2.24) is 19.7 Å². The largest absolute Gasteiger partial charge is 0.497 e. The first-order valence-corrected chi connectivity index (χ1v) is 11.1. The van der Waals surface area contributed by atoms with E-state index in [4.69, 9.17) is 9.15 Å². The summed E-state index contributed by atoms with van der Waals surface area (Å²) in [5.74, 6) is 2.47. The molecule has 0 aliphatic rings. The molecule has 7 nitrogen and oxygen atoms in total. The summed E-state index contributed by atoms with van der Waals surface area (Å²) in [6, 6.07) is 19.5. The molecule has 0 radical (unpaired) electrons. The highest BCUT2D eigenvalue weighted by atomic mass is 32.2. The fraction of sp³-hybridized carbons (Fsp3) is 0.208. The summed E-state index contributed by atoms with van der Waals surface area (Å²) in [4.78, 5) is 14.5. The van der Waals surface area contributed by atoms with Gasteiger partial charge >= 0.3 is 0 Å². The van der Waals surface area contributed by atoms with E-state index in [1.54, 1.807) is 25.3 Å². The lowest BCUT2D eigenvalue weighted by Gasteiger charge is -2.17. The molecule has 0 bridgehead atoms. The minimum Gasteiger partial charge on any atom is -0.497 e. The van der Waals surface area contributed by atoms with Gasteiger partial charge in [-0.15, -0.1) is 10.2 Å². The number of methoxy groups -OCH3 is 1. The van der Waals surface area contributed by atoms with Gasteiger partial charge < -0.3 is 14.1 Å². The summed E-state index contributed by atoms with van der Waals surface area (Å²) in [5.41, 5.74) is 2.80. The van der Waals surface area contributed by atoms with Crippen molar-refractivity contribution in [3.63, 3.8) is 0 Å². The maximum Gasteiger partial charge on any atom is 0.233 e. The van der Waals surface area contributed by atoms with Crippen LogP contribution in [0.4, 0.5) is 0 Å². The first kappa shape index (κ1) is 21.7. The fourth-order valence-electron chi connectivity index (χ4n) is 3.33. The summed E-state index contributed by atoms with van der Waals surface area (Å²) in [5, 5.41) is 9.42. The van der Waals surface area contributed by atoms with Crippen LogP contribution in [-0.2, 0) is 11.3 Å². The Morgan fingerprint density at radius 3 is 2.66 bits per heavy atom. The maximum atomic E-state index is 12.8. The highest BCUT2D eigenvalue weighted by molar-refractivity contribution is 7.99. The van der Waals surface area contributed by atoms with E-state index < -0.39 is 0 Å². The minimum absolute atomic E-state index is 0.00136. The van der Waals surface area contributed by atoms with Gasteiger partial charge in [0.05, 0.1) is 24.7 Å². The monoisotopic (exact) mass is 448 g/mol. The van der Waals surface area contributed by atoms with E-state index in [1.165, 1.54) is 11.8 Å². The van der Waals surface area contributed by atoms with E-state index in [0.29, 0.717) is 17.5 Å². The van der Waals surface area contributed by atoms with Gasteiger partial charge in [-0.3, -0.25) is 9.36 Å². The lowest BCUT2D eigenvalue weighted by Crippen LogP contribution is -2.27. The van der Waals surface area contributed by atoms with Crippen molar-refractivity contribution >= 4 is 17.7 Å². The summed E-state index contributed by atoms with van der Waals surface area (Å²) < 4.78 is 12.7. The molecule has 2 aromatic carbocycles. The summed E-state index contributed by atoms with van der Waals surface area (Å²) in [7, 11) is 3.43. The SMILES string of the molecule is COc1cccc(CN(C)C(=O)CSc2nnc(-c3ccoc3C)n2-c2ccccc2)c1. The van der Waals surface area contributed by atoms with Crippen molar-refractivity contribution in [2.45, 2.75) is 18.6 Å². The number of carbonyl (C=O) groups is 1. The van der Waals surface area contributed by atoms with Crippen molar-refractivity contribution in [3.05, 3.63) is 78.3 Å². The number of para-hydroxylation sites is 1. The van der Waals surface area contributed by atoms with Crippen LogP contribution in [0.5, 0.6) is 5.75 Å². The van der Waals surface area contributed by atoms with E-state index in [9.17, 15) is 4.79 Å². The molecule has 0 unspecified atom stereocenters. The second-order valence-electron chi connectivity index (χ2n) is 7.26. The van der Waals surface area contributed by atoms with Crippen LogP contribution >= 0.6 is 11.8 Å². The van der Waals surface area contributed by atoms with Gasteiger partial charge in [-0.1, -0.05) is 42.1 Å². The number of amides is 1. The first-order chi connectivity index (χ1) is 15.6. The molecule has 2 heterocycles. The minimum atomic E-state index is 0.00136. The molecule has 0 spiro atoms. The van der Waals surface area contributed by atoms with Gasteiger partial charge in [-0.25, -0.2) is 0 Å². The van der Waals surface area contributed by atoms with Gasteiger partial charge in [-0.2, -0.15) is 0 Å². The average Bonchev–Trinajstić information content (AvgIpc) is 3.43. The number of furan rings is 1. The second kappa shape index (κ2) is 9.74. The molecule has 0 saturated heterocycles. The second-order valence-corrected chi connectivity index (χ2v) is 8.20. The Morgan fingerprint density at radius 2 is 1.94 bits per heavy atom. The van der Waals surface area contributed by atoms with Crippen LogP contribution in [0, 0.1) is 6.92 Å². The molecule has 0 atom stereocenters. The molecular weight excluding hydrogens is 424 g/mol. The van der Waals surface area contributed by atoms with Crippen molar-refractivity contribution in [2.24, 2.45) is 0 Å². The lowest BCUT2D eigenvalue weighted by atomic mass is 10.2. The van der Waals surface area contributed by atoms with Gasteiger partial charge in [0.1, 0.15) is 11.5 Å². The van der Waals surface area contributed by atoms with Crippen LogP contribution in [0.25, 0.3) is 17.1 Å². The molecule has 164 valence electrons. The molecule has 0 aliphatic carbocycles. The summed E-state index contributed by atoms with van der Waals surface area (Å²) in [6.07, 6.45) is 1.64. The third kappa shape index (κ3) is 4.70. The topological polar surface area (TPSA) is 73.4 Å². The Morgan fingerprint density at radius 1 is 1.12 bits per heavy atom. The Balaban J connectivity index is 1.52. The van der Waals surface area contributed by atoms with Crippen LogP contribution in [0.3, 0.4) is 0 Å². The van der Waals surface area contributed by atoms with E-state index in [2.05, 4.69) is 10.2 Å². The quantitative estimate of drug-likeness (QED) is 0.367. The van der Waals surface area contributed by atoms with Gasteiger partial charge in [-0.05, 0) is 42.8 Å². The third-order valence-corrected chi connectivity index (χ3v) is 5.97. The van der Waals surface area contributed by atoms with Gasteiger partial charge in [0.25, 0.3) is 0 Å². The summed E-state index contributed by atoms with van der Waals surface area (Å²) >= 11 is 1.36. The molecule has 0 N–H and O–H groups in total. The van der Waals surface area contributed by atoms with E-state index in [-0.39, 0.29) is 11.7 Å². The van der Waals surface area contributed by atoms with Crippen molar-refractivity contribution in [2.75, 3.05) is 19.9 Å². The van der Waals surface area contributed by atoms with E-state index in [1.807, 2.05) is 72.2 Å².